The molecule has 0 fully saturated rings. The van der Waals surface area contributed by atoms with Gasteiger partial charge in [-0.1, -0.05) is 32.0 Å². The van der Waals surface area contributed by atoms with Crippen molar-refractivity contribution in [1.82, 2.24) is 20.6 Å². The first kappa shape index (κ1) is 20.4. The lowest BCUT2D eigenvalue weighted by atomic mass is 10.0. The minimum atomic E-state index is -0.638. The average Bonchev–Trinajstić information content (AvgIpc) is 3.46. The van der Waals surface area contributed by atoms with Crippen LogP contribution in [-0.4, -0.2) is 34.9 Å². The molecule has 0 unspecified atom stereocenters. The van der Waals surface area contributed by atoms with Gasteiger partial charge in [-0.05, 0) is 47.2 Å². The fraction of sp³-hybridized carbons (Fsp3) is 0.208. The van der Waals surface area contributed by atoms with E-state index in [2.05, 4.69) is 38.8 Å². The van der Waals surface area contributed by atoms with Gasteiger partial charge < -0.3 is 20.0 Å². The maximum absolute atomic E-state index is 12.5. The number of aromatic amines is 1. The molecule has 3 N–H and O–H groups in total. The Morgan fingerprint density at radius 2 is 1.84 bits per heavy atom. The van der Waals surface area contributed by atoms with E-state index in [9.17, 15) is 9.59 Å². The van der Waals surface area contributed by atoms with E-state index in [1.165, 1.54) is 0 Å². The monoisotopic (exact) mass is 416 g/mol. The lowest BCUT2D eigenvalue weighted by molar-refractivity contribution is -0.123. The minimum Gasteiger partial charge on any atom is -0.449 e. The Kier molecular flexibility index (Phi) is 5.58. The molecule has 0 bridgehead atoms. The third-order valence-corrected chi connectivity index (χ3v) is 5.22. The van der Waals surface area contributed by atoms with Crippen molar-refractivity contribution < 1.29 is 14.0 Å². The molecule has 158 valence electrons. The van der Waals surface area contributed by atoms with Crippen LogP contribution in [0.3, 0.4) is 0 Å². The second-order valence-electron chi connectivity index (χ2n) is 7.69. The Labute approximate surface area is 179 Å². The molecule has 1 aromatic carbocycles. The number of nitrogens with zero attached hydrogens (tertiary/aromatic N) is 1. The van der Waals surface area contributed by atoms with Crippen molar-refractivity contribution in [2.45, 2.75) is 19.9 Å². The van der Waals surface area contributed by atoms with Gasteiger partial charge in [-0.15, -0.1) is 0 Å². The van der Waals surface area contributed by atoms with Gasteiger partial charge in [0.15, 0.2) is 11.5 Å². The zero-order valence-electron chi connectivity index (χ0n) is 17.6. The molecular weight excluding hydrogens is 392 g/mol. The van der Waals surface area contributed by atoms with E-state index in [-0.39, 0.29) is 17.6 Å². The van der Waals surface area contributed by atoms with E-state index >= 15 is 0 Å². The molecule has 3 heterocycles. The summed E-state index contributed by atoms with van der Waals surface area (Å²) < 4.78 is 5.71. The van der Waals surface area contributed by atoms with Crippen LogP contribution in [0.2, 0.25) is 0 Å². The van der Waals surface area contributed by atoms with Crippen molar-refractivity contribution in [3.05, 3.63) is 66.7 Å². The number of fused-ring (bicyclic) bond motifs is 1. The number of rotatable bonds is 6. The van der Waals surface area contributed by atoms with Gasteiger partial charge in [-0.3, -0.25) is 14.6 Å². The molecule has 1 atom stereocenters. The summed E-state index contributed by atoms with van der Waals surface area (Å²) >= 11 is 0. The van der Waals surface area contributed by atoms with Gasteiger partial charge in [0.2, 0.25) is 5.91 Å². The van der Waals surface area contributed by atoms with Gasteiger partial charge in [0, 0.05) is 30.5 Å². The second-order valence-corrected chi connectivity index (χ2v) is 7.69. The molecule has 0 saturated heterocycles. The lowest BCUT2D eigenvalue weighted by Gasteiger charge is -2.19. The molecule has 7 heteroatoms. The maximum Gasteiger partial charge on any atom is 0.287 e. The average molecular weight is 416 g/mol. The summed E-state index contributed by atoms with van der Waals surface area (Å²) in [5.41, 5.74) is 3.73. The summed E-state index contributed by atoms with van der Waals surface area (Å²) in [6.07, 6.45) is 3.70. The highest BCUT2D eigenvalue weighted by Crippen LogP contribution is 2.26. The van der Waals surface area contributed by atoms with Crippen LogP contribution in [0.15, 0.2) is 65.3 Å². The number of hydrogen-bond donors (Lipinski definition) is 3. The molecule has 0 aliphatic rings. The normalized spacial score (nSPS) is 12.1. The molecule has 0 aliphatic carbocycles. The molecule has 7 nitrogen and oxygen atoms in total. The quantitative estimate of drug-likeness (QED) is 0.442. The van der Waals surface area contributed by atoms with Crippen molar-refractivity contribution in [1.29, 1.82) is 0 Å². The number of H-pyrrole nitrogens is 1. The Balaban J connectivity index is 1.50. The van der Waals surface area contributed by atoms with E-state index in [0.29, 0.717) is 11.5 Å². The fourth-order valence-corrected chi connectivity index (χ4v) is 3.44. The molecule has 4 aromatic rings. The zero-order valence-corrected chi connectivity index (χ0v) is 17.6. The molecule has 4 rings (SSSR count). The number of benzene rings is 1. The summed E-state index contributed by atoms with van der Waals surface area (Å²) in [4.78, 5) is 32.2. The molecule has 0 radical (unpaired) electrons. The summed E-state index contributed by atoms with van der Waals surface area (Å²) in [6, 6.07) is 14.7. The smallest absolute Gasteiger partial charge is 0.287 e. The molecule has 0 spiro atoms. The first-order chi connectivity index (χ1) is 15.0. The van der Waals surface area contributed by atoms with Gasteiger partial charge in [-0.25, -0.2) is 0 Å². The first-order valence-electron chi connectivity index (χ1n) is 10.1. The van der Waals surface area contributed by atoms with E-state index < -0.39 is 11.9 Å². The Morgan fingerprint density at radius 1 is 1.03 bits per heavy atom. The van der Waals surface area contributed by atoms with Crippen LogP contribution < -0.4 is 10.6 Å². The number of hydrogen-bond acceptors (Lipinski definition) is 4. The van der Waals surface area contributed by atoms with Crippen LogP contribution in [0.1, 0.15) is 24.4 Å². The van der Waals surface area contributed by atoms with Crippen molar-refractivity contribution in [3.63, 3.8) is 0 Å². The number of carbonyl (C=O) groups is 2. The predicted octanol–water partition coefficient (Wildman–Crippen LogP) is 3.99. The van der Waals surface area contributed by atoms with Gasteiger partial charge >= 0.3 is 0 Å². The topological polar surface area (TPSA) is 100 Å². The van der Waals surface area contributed by atoms with E-state index in [1.54, 1.807) is 25.4 Å². The van der Waals surface area contributed by atoms with Gasteiger partial charge in [0.05, 0.1) is 0 Å². The highest BCUT2D eigenvalue weighted by molar-refractivity contribution is 5.96. The summed E-state index contributed by atoms with van der Waals surface area (Å²) in [6.45, 7) is 3.74. The number of nitrogens with one attached hydrogen (secondary N) is 3. The molecule has 2 amide bonds. The maximum atomic E-state index is 12.5. The fourth-order valence-electron chi connectivity index (χ4n) is 3.44. The Bertz CT molecular complexity index is 1220. The minimum absolute atomic E-state index is 0.0576. The standard InChI is InChI=1S/C24H24N4O3/c1-14(2)22(24(30)25-3)28-23(29)21-9-8-20(31-21)18-7-6-17(13-27-18)16-5-4-15-10-11-26-19(15)12-16/h4-14,22,26H,1-3H3,(H,25,30)(H,28,29)/t22-/m0/s1. The number of amides is 2. The predicted molar refractivity (Wildman–Crippen MR) is 119 cm³/mol. The van der Waals surface area contributed by atoms with Gasteiger partial charge in [0.1, 0.15) is 11.7 Å². The van der Waals surface area contributed by atoms with Crippen LogP contribution in [0, 0.1) is 5.92 Å². The second kappa shape index (κ2) is 8.47. The van der Waals surface area contributed by atoms with E-state index in [4.69, 9.17) is 4.42 Å². The number of furan rings is 1. The third-order valence-electron chi connectivity index (χ3n) is 5.22. The summed E-state index contributed by atoms with van der Waals surface area (Å²) in [5, 5.41) is 6.45. The van der Waals surface area contributed by atoms with Crippen LogP contribution in [0.5, 0.6) is 0 Å². The zero-order chi connectivity index (χ0) is 22.0. The highest BCUT2D eigenvalue weighted by Gasteiger charge is 2.25. The number of pyridine rings is 1. The Morgan fingerprint density at radius 3 is 2.55 bits per heavy atom. The van der Waals surface area contributed by atoms with Crippen molar-refractivity contribution >= 4 is 22.7 Å². The summed E-state index contributed by atoms with van der Waals surface area (Å²) in [5.74, 6) is -0.128. The van der Waals surface area contributed by atoms with E-state index in [1.807, 2.05) is 38.2 Å². The molecule has 0 saturated carbocycles. The number of aromatic nitrogens is 2. The highest BCUT2D eigenvalue weighted by atomic mass is 16.4. The SMILES string of the molecule is CNC(=O)[C@@H](NC(=O)c1ccc(-c2ccc(-c3ccc4cc[nH]c4c3)cn2)o1)C(C)C. The van der Waals surface area contributed by atoms with Crippen LogP contribution >= 0.6 is 0 Å². The van der Waals surface area contributed by atoms with Crippen LogP contribution in [-0.2, 0) is 4.79 Å². The molecule has 3 aromatic heterocycles. The molecular formula is C24H24N4O3. The van der Waals surface area contributed by atoms with Crippen LogP contribution in [0.25, 0.3) is 33.5 Å². The summed E-state index contributed by atoms with van der Waals surface area (Å²) in [7, 11) is 1.54. The third kappa shape index (κ3) is 4.21. The molecule has 31 heavy (non-hydrogen) atoms. The van der Waals surface area contributed by atoms with Crippen molar-refractivity contribution in [3.8, 4) is 22.6 Å². The van der Waals surface area contributed by atoms with Gasteiger partial charge in [0.25, 0.3) is 5.91 Å². The first-order valence-corrected chi connectivity index (χ1v) is 10.1. The van der Waals surface area contributed by atoms with Crippen LogP contribution in [0.4, 0.5) is 0 Å². The van der Waals surface area contributed by atoms with Crippen molar-refractivity contribution in [2.75, 3.05) is 7.05 Å². The Hall–Kier alpha value is -3.87. The number of carbonyl (C=O) groups excluding carboxylic acids is 2. The molecule has 0 aliphatic heterocycles. The van der Waals surface area contributed by atoms with E-state index in [0.717, 1.165) is 22.0 Å². The number of likely N-dealkylation sites (N-methyl/N-ethyl adjacent to an activating group) is 1. The van der Waals surface area contributed by atoms with Crippen molar-refractivity contribution in [2.24, 2.45) is 5.92 Å². The lowest BCUT2D eigenvalue weighted by Crippen LogP contribution is -2.48. The largest absolute Gasteiger partial charge is 0.449 e. The van der Waals surface area contributed by atoms with Gasteiger partial charge in [-0.2, -0.15) is 0 Å².